The van der Waals surface area contributed by atoms with Gasteiger partial charge in [-0.1, -0.05) is 0 Å². The Balaban J connectivity index is 1.23. The predicted octanol–water partition coefficient (Wildman–Crippen LogP) is 4.55. The van der Waals surface area contributed by atoms with Gasteiger partial charge in [0.25, 0.3) is 0 Å². The van der Waals surface area contributed by atoms with Crippen molar-refractivity contribution in [3.05, 3.63) is 83.2 Å². The molecule has 0 N–H and O–H groups in total. The van der Waals surface area contributed by atoms with E-state index in [4.69, 9.17) is 9.47 Å². The lowest BCUT2D eigenvalue weighted by Crippen LogP contribution is -2.25. The minimum atomic E-state index is -0.111. The molecule has 2 heterocycles. The van der Waals surface area contributed by atoms with Crippen molar-refractivity contribution in [2.45, 2.75) is 32.1 Å². The summed E-state index contributed by atoms with van der Waals surface area (Å²) >= 11 is 0. The van der Waals surface area contributed by atoms with Crippen LogP contribution in [0.1, 0.15) is 32.1 Å². The summed E-state index contributed by atoms with van der Waals surface area (Å²) in [5, 5.41) is 0. The zero-order chi connectivity index (χ0) is 21.8. The zero-order valence-electron chi connectivity index (χ0n) is 18.3. The second kappa shape index (κ2) is 9.49. The minimum Gasteiger partial charge on any atom is -0.492 e. The van der Waals surface area contributed by atoms with Crippen LogP contribution in [0.4, 0.5) is 0 Å². The van der Waals surface area contributed by atoms with E-state index in [9.17, 15) is 4.79 Å². The van der Waals surface area contributed by atoms with Gasteiger partial charge in [-0.15, -0.1) is 0 Å². The first-order chi connectivity index (χ1) is 15.8. The molecule has 0 spiro atoms. The smallest absolute Gasteiger partial charge is 0.337 e. The number of rotatable bonds is 8. The van der Waals surface area contributed by atoms with E-state index in [2.05, 4.69) is 11.0 Å². The number of nitrogens with zero attached hydrogens (tertiary/aromatic N) is 3. The van der Waals surface area contributed by atoms with Gasteiger partial charge in [-0.05, 0) is 93.4 Å². The molecule has 166 valence electrons. The first kappa shape index (κ1) is 20.6. The van der Waals surface area contributed by atoms with E-state index in [0.29, 0.717) is 6.61 Å². The third-order valence-electron chi connectivity index (χ3n) is 6.13. The van der Waals surface area contributed by atoms with Gasteiger partial charge in [0.2, 0.25) is 0 Å². The normalized spacial score (nSPS) is 16.3. The molecule has 0 radical (unpaired) electrons. The standard InChI is InChI=1S/C26H29N3O3/c30-26-28(21-7-11-23(12-8-21)31-20-19-27-15-3-4-16-27)17-18-29(26)22-9-13-25(14-10-22)32-24-5-1-2-6-24/h5,7-14,17-18H,1-4,6,15-16,19-20H2. The van der Waals surface area contributed by atoms with Gasteiger partial charge in [-0.2, -0.15) is 0 Å². The monoisotopic (exact) mass is 431 g/mol. The van der Waals surface area contributed by atoms with Crippen LogP contribution >= 0.6 is 0 Å². The van der Waals surface area contributed by atoms with Crippen LogP contribution in [0.2, 0.25) is 0 Å². The van der Waals surface area contributed by atoms with Crippen LogP contribution < -0.4 is 15.2 Å². The van der Waals surface area contributed by atoms with Gasteiger partial charge in [0.15, 0.2) is 0 Å². The number of allylic oxidation sites excluding steroid dienone is 2. The topological polar surface area (TPSA) is 48.6 Å². The molecule has 6 nitrogen and oxygen atoms in total. The van der Waals surface area contributed by atoms with E-state index in [1.54, 1.807) is 21.5 Å². The fourth-order valence-corrected chi connectivity index (χ4v) is 4.33. The van der Waals surface area contributed by atoms with Gasteiger partial charge in [-0.3, -0.25) is 14.0 Å². The van der Waals surface area contributed by atoms with Crippen molar-refractivity contribution >= 4 is 0 Å². The molecule has 0 atom stereocenters. The Labute approximate surface area is 188 Å². The van der Waals surface area contributed by atoms with E-state index >= 15 is 0 Å². The summed E-state index contributed by atoms with van der Waals surface area (Å²) in [5.41, 5.74) is 1.51. The van der Waals surface area contributed by atoms with Gasteiger partial charge in [0, 0.05) is 25.4 Å². The summed E-state index contributed by atoms with van der Waals surface area (Å²) in [7, 11) is 0. The molecule has 32 heavy (non-hydrogen) atoms. The molecule has 5 rings (SSSR count). The fourth-order valence-electron chi connectivity index (χ4n) is 4.33. The van der Waals surface area contributed by atoms with Crippen LogP contribution in [-0.2, 0) is 0 Å². The zero-order valence-corrected chi connectivity index (χ0v) is 18.3. The van der Waals surface area contributed by atoms with Crippen molar-refractivity contribution < 1.29 is 9.47 Å². The van der Waals surface area contributed by atoms with Gasteiger partial charge in [0.1, 0.15) is 23.9 Å². The van der Waals surface area contributed by atoms with Crippen LogP contribution in [0.25, 0.3) is 11.4 Å². The first-order valence-electron chi connectivity index (χ1n) is 11.5. The number of aromatic nitrogens is 2. The summed E-state index contributed by atoms with van der Waals surface area (Å²) in [6.45, 7) is 4.00. The molecule has 0 unspecified atom stereocenters. The Hall–Kier alpha value is -3.25. The third kappa shape index (κ3) is 4.65. The number of ether oxygens (including phenoxy) is 2. The lowest BCUT2D eigenvalue weighted by Gasteiger charge is -2.15. The first-order valence-corrected chi connectivity index (χ1v) is 11.5. The fraction of sp³-hybridized carbons (Fsp3) is 0.346. The van der Waals surface area contributed by atoms with Crippen molar-refractivity contribution in [1.29, 1.82) is 0 Å². The molecule has 0 amide bonds. The summed E-state index contributed by atoms with van der Waals surface area (Å²) in [6, 6.07) is 15.3. The highest BCUT2D eigenvalue weighted by atomic mass is 16.5. The van der Waals surface area contributed by atoms with Crippen molar-refractivity contribution in [2.75, 3.05) is 26.2 Å². The van der Waals surface area contributed by atoms with Gasteiger partial charge < -0.3 is 9.47 Å². The maximum atomic E-state index is 13.0. The molecule has 6 heteroatoms. The molecule has 1 aliphatic carbocycles. The molecule has 3 aromatic rings. The van der Waals surface area contributed by atoms with Crippen LogP contribution in [0, 0.1) is 0 Å². The summed E-state index contributed by atoms with van der Waals surface area (Å²) in [6.07, 6.45) is 11.5. The lowest BCUT2D eigenvalue weighted by molar-refractivity contribution is 0.238. The Bertz CT molecular complexity index is 1120. The number of hydrogen-bond acceptors (Lipinski definition) is 4. The van der Waals surface area contributed by atoms with Crippen LogP contribution in [-0.4, -0.2) is 40.3 Å². The van der Waals surface area contributed by atoms with E-state index in [0.717, 1.165) is 54.4 Å². The average Bonchev–Trinajstić information content (AvgIpc) is 3.58. The number of hydrogen-bond donors (Lipinski definition) is 0. The second-order valence-corrected chi connectivity index (χ2v) is 8.37. The predicted molar refractivity (Wildman–Crippen MR) is 125 cm³/mol. The molecule has 0 bridgehead atoms. The number of likely N-dealkylation sites (tertiary alicyclic amines) is 1. The highest BCUT2D eigenvalue weighted by Gasteiger charge is 2.12. The Morgan fingerprint density at radius 2 is 1.41 bits per heavy atom. The molecular weight excluding hydrogens is 402 g/mol. The van der Waals surface area contributed by atoms with E-state index in [1.807, 2.05) is 48.5 Å². The van der Waals surface area contributed by atoms with Gasteiger partial charge in [0.05, 0.1) is 11.4 Å². The van der Waals surface area contributed by atoms with E-state index < -0.39 is 0 Å². The molecule has 1 fully saturated rings. The summed E-state index contributed by atoms with van der Waals surface area (Å²) in [4.78, 5) is 15.4. The molecule has 2 aromatic carbocycles. The maximum absolute atomic E-state index is 13.0. The van der Waals surface area contributed by atoms with Crippen molar-refractivity contribution in [3.8, 4) is 22.9 Å². The van der Waals surface area contributed by atoms with Crippen LogP contribution in [0.5, 0.6) is 11.5 Å². The molecule has 2 aliphatic rings. The number of benzene rings is 2. The van der Waals surface area contributed by atoms with E-state index in [1.165, 1.54) is 25.9 Å². The van der Waals surface area contributed by atoms with Crippen molar-refractivity contribution in [2.24, 2.45) is 0 Å². The Kier molecular flexibility index (Phi) is 6.12. The minimum absolute atomic E-state index is 0.111. The van der Waals surface area contributed by atoms with Crippen molar-refractivity contribution in [1.82, 2.24) is 14.0 Å². The molecule has 0 saturated carbocycles. The maximum Gasteiger partial charge on any atom is 0.337 e. The summed E-state index contributed by atoms with van der Waals surface area (Å²) in [5.74, 6) is 2.66. The largest absolute Gasteiger partial charge is 0.492 e. The Morgan fingerprint density at radius 1 is 0.781 bits per heavy atom. The highest BCUT2D eigenvalue weighted by molar-refractivity contribution is 5.41. The molecule has 1 aliphatic heterocycles. The van der Waals surface area contributed by atoms with Gasteiger partial charge >= 0.3 is 5.69 Å². The SMILES string of the molecule is O=c1n(-c2ccc(OCCN3CCCC3)cc2)ccn1-c1ccc(OC2=CCCC2)cc1. The van der Waals surface area contributed by atoms with Crippen molar-refractivity contribution in [3.63, 3.8) is 0 Å². The highest BCUT2D eigenvalue weighted by Crippen LogP contribution is 2.23. The quantitative estimate of drug-likeness (QED) is 0.525. The Morgan fingerprint density at radius 3 is 2.00 bits per heavy atom. The van der Waals surface area contributed by atoms with Crippen LogP contribution in [0.3, 0.4) is 0 Å². The van der Waals surface area contributed by atoms with Crippen LogP contribution in [0.15, 0.2) is 77.6 Å². The average molecular weight is 432 g/mol. The molecular formula is C26H29N3O3. The van der Waals surface area contributed by atoms with E-state index in [-0.39, 0.29) is 5.69 Å². The molecule has 1 aromatic heterocycles. The lowest BCUT2D eigenvalue weighted by atomic mass is 10.3. The van der Waals surface area contributed by atoms with Gasteiger partial charge in [-0.25, -0.2) is 4.79 Å². The number of imidazole rings is 1. The third-order valence-corrected chi connectivity index (χ3v) is 6.13. The molecule has 1 saturated heterocycles. The second-order valence-electron chi connectivity index (χ2n) is 8.37. The summed E-state index contributed by atoms with van der Waals surface area (Å²) < 4.78 is 15.0.